The zero-order valence-electron chi connectivity index (χ0n) is 9.62. The van der Waals surface area contributed by atoms with E-state index in [-0.39, 0.29) is 5.92 Å². The largest absolute Gasteiger partial charge is 0.494 e. The van der Waals surface area contributed by atoms with E-state index in [0.29, 0.717) is 6.61 Å². The Balaban J connectivity index is 3.15. The van der Waals surface area contributed by atoms with Gasteiger partial charge in [-0.05, 0) is 30.5 Å². The van der Waals surface area contributed by atoms with E-state index in [1.807, 2.05) is 32.0 Å². The van der Waals surface area contributed by atoms with Gasteiger partial charge in [-0.1, -0.05) is 26.0 Å². The van der Waals surface area contributed by atoms with Gasteiger partial charge < -0.3 is 9.53 Å². The molecule has 1 aromatic carbocycles. The smallest absolute Gasteiger partial charge is 0.127 e. The number of ether oxygens (including phenoxy) is 1. The lowest BCUT2D eigenvalue weighted by atomic mass is 9.94. The third-order valence-corrected chi connectivity index (χ3v) is 2.52. The van der Waals surface area contributed by atoms with Crippen molar-refractivity contribution in [3.8, 4) is 5.75 Å². The van der Waals surface area contributed by atoms with Gasteiger partial charge in [0.05, 0.1) is 6.61 Å². The molecule has 1 aromatic rings. The molecule has 0 radical (unpaired) electrons. The molecule has 2 heteroatoms. The molecule has 0 N–H and O–H groups in total. The first-order chi connectivity index (χ1) is 7.24. The van der Waals surface area contributed by atoms with Gasteiger partial charge in [0.2, 0.25) is 0 Å². The number of aldehydes is 1. The minimum Gasteiger partial charge on any atom is -0.494 e. The highest BCUT2D eigenvalue weighted by Crippen LogP contribution is 2.27. The third kappa shape index (κ3) is 2.58. The second kappa shape index (κ2) is 5.54. The molecule has 82 valence electrons. The summed E-state index contributed by atoms with van der Waals surface area (Å²) in [7, 11) is 0. The molecule has 2 nitrogen and oxygen atoms in total. The van der Waals surface area contributed by atoms with Crippen molar-refractivity contribution in [3.63, 3.8) is 0 Å². The molecule has 0 aliphatic carbocycles. The maximum absolute atomic E-state index is 10.8. The van der Waals surface area contributed by atoms with Crippen LogP contribution in [0.3, 0.4) is 0 Å². The molecule has 0 aliphatic rings. The highest BCUT2D eigenvalue weighted by molar-refractivity contribution is 5.63. The van der Waals surface area contributed by atoms with Crippen molar-refractivity contribution in [2.75, 3.05) is 6.61 Å². The second-order valence-electron chi connectivity index (χ2n) is 3.54. The van der Waals surface area contributed by atoms with Crippen LogP contribution in [-0.2, 0) is 11.2 Å². The zero-order chi connectivity index (χ0) is 11.3. The van der Waals surface area contributed by atoms with E-state index < -0.39 is 0 Å². The first-order valence-corrected chi connectivity index (χ1v) is 5.44. The van der Waals surface area contributed by atoms with Crippen LogP contribution in [0.5, 0.6) is 5.75 Å². The van der Waals surface area contributed by atoms with Gasteiger partial charge in [0, 0.05) is 5.92 Å². The Morgan fingerprint density at radius 3 is 2.67 bits per heavy atom. The molecule has 0 fully saturated rings. The monoisotopic (exact) mass is 206 g/mol. The summed E-state index contributed by atoms with van der Waals surface area (Å²) in [6, 6.07) is 5.91. The van der Waals surface area contributed by atoms with Crippen LogP contribution in [0, 0.1) is 0 Å². The van der Waals surface area contributed by atoms with Crippen molar-refractivity contribution in [2.45, 2.75) is 33.1 Å². The van der Waals surface area contributed by atoms with Gasteiger partial charge in [0.25, 0.3) is 0 Å². The molecule has 1 rings (SSSR count). The van der Waals surface area contributed by atoms with Crippen LogP contribution in [-0.4, -0.2) is 12.9 Å². The standard InChI is InChI=1S/C13H18O2/c1-4-11-12(10(3)9-14)7-6-8-13(11)15-5-2/h6-10H,4-5H2,1-3H3. The van der Waals surface area contributed by atoms with E-state index in [1.165, 1.54) is 0 Å². The Kier molecular flexibility index (Phi) is 4.35. The molecule has 0 bridgehead atoms. The fraction of sp³-hybridized carbons (Fsp3) is 0.462. The van der Waals surface area contributed by atoms with Crippen molar-refractivity contribution < 1.29 is 9.53 Å². The molecule has 15 heavy (non-hydrogen) atoms. The minimum atomic E-state index is -0.0552. The lowest BCUT2D eigenvalue weighted by Crippen LogP contribution is -2.03. The van der Waals surface area contributed by atoms with E-state index >= 15 is 0 Å². The number of carbonyl (C=O) groups excluding carboxylic acids is 1. The molecule has 1 atom stereocenters. The van der Waals surface area contributed by atoms with Crippen LogP contribution in [0.4, 0.5) is 0 Å². The topological polar surface area (TPSA) is 26.3 Å². The maximum atomic E-state index is 10.8. The molecule has 0 aliphatic heterocycles. The van der Waals surface area contributed by atoms with E-state index in [0.717, 1.165) is 29.6 Å². The SMILES string of the molecule is CCOc1cccc(C(C)C=O)c1CC. The first-order valence-electron chi connectivity index (χ1n) is 5.44. The van der Waals surface area contributed by atoms with Crippen molar-refractivity contribution >= 4 is 6.29 Å². The molecular formula is C13H18O2. The highest BCUT2D eigenvalue weighted by atomic mass is 16.5. The highest BCUT2D eigenvalue weighted by Gasteiger charge is 2.12. The number of hydrogen-bond donors (Lipinski definition) is 0. The second-order valence-corrected chi connectivity index (χ2v) is 3.54. The Hall–Kier alpha value is -1.31. The minimum absolute atomic E-state index is 0.0552. The maximum Gasteiger partial charge on any atom is 0.127 e. The summed E-state index contributed by atoms with van der Waals surface area (Å²) >= 11 is 0. The number of benzene rings is 1. The summed E-state index contributed by atoms with van der Waals surface area (Å²) in [5, 5.41) is 0. The Morgan fingerprint density at radius 1 is 1.40 bits per heavy atom. The number of carbonyl (C=O) groups is 1. The predicted octanol–water partition coefficient (Wildman–Crippen LogP) is 2.95. The van der Waals surface area contributed by atoms with Gasteiger partial charge in [-0.2, -0.15) is 0 Å². The predicted molar refractivity (Wildman–Crippen MR) is 61.5 cm³/mol. The van der Waals surface area contributed by atoms with Gasteiger partial charge in [-0.15, -0.1) is 0 Å². The fourth-order valence-corrected chi connectivity index (χ4v) is 1.75. The average molecular weight is 206 g/mol. The Morgan fingerprint density at radius 2 is 2.13 bits per heavy atom. The summed E-state index contributed by atoms with van der Waals surface area (Å²) in [4.78, 5) is 10.8. The quantitative estimate of drug-likeness (QED) is 0.692. The van der Waals surface area contributed by atoms with Gasteiger partial charge >= 0.3 is 0 Å². The zero-order valence-corrected chi connectivity index (χ0v) is 9.62. The van der Waals surface area contributed by atoms with E-state index in [1.54, 1.807) is 0 Å². The van der Waals surface area contributed by atoms with E-state index in [9.17, 15) is 4.79 Å². The Labute approximate surface area is 91.3 Å². The summed E-state index contributed by atoms with van der Waals surface area (Å²) in [6.45, 7) is 6.62. The van der Waals surface area contributed by atoms with Gasteiger partial charge in [0.1, 0.15) is 12.0 Å². The van der Waals surface area contributed by atoms with Crippen LogP contribution in [0.1, 0.15) is 37.8 Å². The average Bonchev–Trinajstić information content (AvgIpc) is 2.28. The van der Waals surface area contributed by atoms with Crippen molar-refractivity contribution in [3.05, 3.63) is 29.3 Å². The van der Waals surface area contributed by atoms with Crippen molar-refractivity contribution in [1.82, 2.24) is 0 Å². The van der Waals surface area contributed by atoms with E-state index in [4.69, 9.17) is 4.74 Å². The summed E-state index contributed by atoms with van der Waals surface area (Å²) in [5.41, 5.74) is 2.23. The summed E-state index contributed by atoms with van der Waals surface area (Å²) in [6.07, 6.45) is 1.87. The Bertz CT molecular complexity index is 331. The molecule has 0 spiro atoms. The molecule has 0 heterocycles. The molecular weight excluding hydrogens is 188 g/mol. The summed E-state index contributed by atoms with van der Waals surface area (Å²) in [5.74, 6) is 0.853. The number of rotatable bonds is 5. The van der Waals surface area contributed by atoms with Gasteiger partial charge in [-0.3, -0.25) is 0 Å². The molecule has 0 amide bonds. The van der Waals surface area contributed by atoms with E-state index in [2.05, 4.69) is 6.92 Å². The lowest BCUT2D eigenvalue weighted by Gasteiger charge is -2.15. The molecule has 1 unspecified atom stereocenters. The normalized spacial score (nSPS) is 12.2. The molecule has 0 aromatic heterocycles. The fourth-order valence-electron chi connectivity index (χ4n) is 1.75. The van der Waals surface area contributed by atoms with Crippen LogP contribution in [0.25, 0.3) is 0 Å². The van der Waals surface area contributed by atoms with Crippen molar-refractivity contribution in [1.29, 1.82) is 0 Å². The lowest BCUT2D eigenvalue weighted by molar-refractivity contribution is -0.108. The number of hydrogen-bond acceptors (Lipinski definition) is 2. The van der Waals surface area contributed by atoms with Gasteiger partial charge in [-0.25, -0.2) is 0 Å². The van der Waals surface area contributed by atoms with Gasteiger partial charge in [0.15, 0.2) is 0 Å². The summed E-state index contributed by atoms with van der Waals surface area (Å²) < 4.78 is 5.55. The molecule has 0 saturated carbocycles. The van der Waals surface area contributed by atoms with Crippen LogP contribution in [0.15, 0.2) is 18.2 Å². The van der Waals surface area contributed by atoms with Crippen molar-refractivity contribution in [2.24, 2.45) is 0 Å². The third-order valence-electron chi connectivity index (χ3n) is 2.52. The van der Waals surface area contributed by atoms with Crippen LogP contribution in [0.2, 0.25) is 0 Å². The molecule has 0 saturated heterocycles. The van der Waals surface area contributed by atoms with Crippen LogP contribution >= 0.6 is 0 Å². The van der Waals surface area contributed by atoms with Crippen LogP contribution < -0.4 is 4.74 Å². The first kappa shape index (κ1) is 11.8.